The normalized spacial score (nSPS) is 15.4. The Labute approximate surface area is 171 Å². The van der Waals surface area contributed by atoms with E-state index in [1.807, 2.05) is 0 Å². The average molecular weight is 417 g/mol. The summed E-state index contributed by atoms with van der Waals surface area (Å²) in [5, 5.41) is 8.60. The minimum atomic E-state index is -1.15. The van der Waals surface area contributed by atoms with Crippen LogP contribution in [0.3, 0.4) is 0 Å². The number of hydrogen-bond donors (Lipinski definition) is 1. The van der Waals surface area contributed by atoms with Gasteiger partial charge in [0.25, 0.3) is 11.1 Å². The Balaban J connectivity index is 1.75. The lowest BCUT2D eigenvalue weighted by molar-refractivity contribution is -0.123. The van der Waals surface area contributed by atoms with Gasteiger partial charge in [-0.1, -0.05) is 6.07 Å². The lowest BCUT2D eigenvalue weighted by Crippen LogP contribution is -2.34. The second kappa shape index (κ2) is 8.44. The van der Waals surface area contributed by atoms with E-state index in [0.29, 0.717) is 27.7 Å². The van der Waals surface area contributed by atoms with Gasteiger partial charge in [0.05, 0.1) is 12.0 Å². The van der Waals surface area contributed by atoms with E-state index in [1.54, 1.807) is 38.1 Å². The number of aromatic carboxylic acids is 1. The van der Waals surface area contributed by atoms with Gasteiger partial charge in [-0.2, -0.15) is 0 Å². The summed E-state index contributed by atoms with van der Waals surface area (Å²) in [7, 11) is 1.48. The number of amides is 2. The molecule has 1 aliphatic heterocycles. The van der Waals surface area contributed by atoms with Crippen molar-refractivity contribution in [3.05, 3.63) is 52.3 Å². The molecule has 152 valence electrons. The summed E-state index contributed by atoms with van der Waals surface area (Å²) >= 11 is 0.901. The van der Waals surface area contributed by atoms with Gasteiger partial charge in [-0.25, -0.2) is 4.79 Å². The molecule has 3 rings (SSSR count). The number of rotatable bonds is 7. The SMILES string of the molecule is COc1cc(/C=C2\SC(=O)N(C(C)C)C2=O)ccc1OCc1ccc(C(=O)O)o1. The highest BCUT2D eigenvalue weighted by atomic mass is 32.2. The second-order valence-electron chi connectivity index (χ2n) is 6.42. The van der Waals surface area contributed by atoms with Gasteiger partial charge in [-0.15, -0.1) is 0 Å². The largest absolute Gasteiger partial charge is 0.493 e. The van der Waals surface area contributed by atoms with Crippen LogP contribution in [0.1, 0.15) is 35.7 Å². The molecular formula is C20H19NO7S. The molecule has 1 aliphatic rings. The number of nitrogens with zero attached hydrogens (tertiary/aromatic N) is 1. The Morgan fingerprint density at radius 1 is 1.24 bits per heavy atom. The first-order valence-corrected chi connectivity index (χ1v) is 9.51. The molecule has 29 heavy (non-hydrogen) atoms. The first kappa shape index (κ1) is 20.5. The van der Waals surface area contributed by atoms with Gasteiger partial charge in [-0.3, -0.25) is 14.5 Å². The van der Waals surface area contributed by atoms with E-state index in [2.05, 4.69) is 0 Å². The van der Waals surface area contributed by atoms with E-state index >= 15 is 0 Å². The highest BCUT2D eigenvalue weighted by Gasteiger charge is 2.36. The predicted octanol–water partition coefficient (Wildman–Crippen LogP) is 4.01. The summed E-state index contributed by atoms with van der Waals surface area (Å²) in [6.07, 6.45) is 1.63. The molecular weight excluding hydrogens is 398 g/mol. The predicted molar refractivity (Wildman–Crippen MR) is 106 cm³/mol. The number of carbonyl (C=O) groups is 3. The zero-order valence-corrected chi connectivity index (χ0v) is 16.8. The van der Waals surface area contributed by atoms with Crippen LogP contribution in [0.4, 0.5) is 4.79 Å². The van der Waals surface area contributed by atoms with Crippen LogP contribution in [0.25, 0.3) is 6.08 Å². The summed E-state index contributed by atoms with van der Waals surface area (Å²) in [4.78, 5) is 36.8. The summed E-state index contributed by atoms with van der Waals surface area (Å²) in [5.41, 5.74) is 0.676. The van der Waals surface area contributed by atoms with E-state index in [9.17, 15) is 14.4 Å². The number of carboxylic acids is 1. The summed E-state index contributed by atoms with van der Waals surface area (Å²) in [6.45, 7) is 3.59. The molecule has 0 bridgehead atoms. The number of methoxy groups -OCH3 is 1. The van der Waals surface area contributed by atoms with Crippen molar-refractivity contribution >= 4 is 35.0 Å². The van der Waals surface area contributed by atoms with Crippen LogP contribution < -0.4 is 9.47 Å². The van der Waals surface area contributed by atoms with Crippen molar-refractivity contribution in [3.8, 4) is 11.5 Å². The maximum Gasteiger partial charge on any atom is 0.371 e. The number of hydrogen-bond acceptors (Lipinski definition) is 7. The fraction of sp³-hybridized carbons (Fsp3) is 0.250. The van der Waals surface area contributed by atoms with Crippen molar-refractivity contribution in [1.29, 1.82) is 0 Å². The van der Waals surface area contributed by atoms with E-state index in [-0.39, 0.29) is 29.6 Å². The third-order valence-corrected chi connectivity index (χ3v) is 4.95. The van der Waals surface area contributed by atoms with Crippen LogP contribution >= 0.6 is 11.8 Å². The Kier molecular flexibility index (Phi) is 5.97. The third-order valence-electron chi connectivity index (χ3n) is 4.07. The first-order valence-electron chi connectivity index (χ1n) is 8.70. The molecule has 1 aromatic carbocycles. The van der Waals surface area contributed by atoms with Gasteiger partial charge >= 0.3 is 5.97 Å². The zero-order valence-electron chi connectivity index (χ0n) is 16.0. The topological polar surface area (TPSA) is 106 Å². The number of benzene rings is 1. The highest BCUT2D eigenvalue weighted by Crippen LogP contribution is 2.35. The number of ether oxygens (including phenoxy) is 2. The van der Waals surface area contributed by atoms with Crippen LogP contribution in [0.5, 0.6) is 11.5 Å². The molecule has 0 unspecified atom stereocenters. The Bertz CT molecular complexity index is 992. The van der Waals surface area contributed by atoms with Crippen LogP contribution in [0.15, 0.2) is 39.7 Å². The molecule has 1 N–H and O–H groups in total. The molecule has 1 fully saturated rings. The summed E-state index contributed by atoms with van der Waals surface area (Å²) < 4.78 is 16.1. The maximum absolute atomic E-state index is 12.4. The molecule has 0 atom stereocenters. The Morgan fingerprint density at radius 2 is 2.00 bits per heavy atom. The molecule has 9 heteroatoms. The number of imide groups is 1. The number of carbonyl (C=O) groups excluding carboxylic acids is 2. The van der Waals surface area contributed by atoms with Crippen LogP contribution in [0.2, 0.25) is 0 Å². The van der Waals surface area contributed by atoms with E-state index in [1.165, 1.54) is 24.1 Å². The molecule has 1 saturated heterocycles. The van der Waals surface area contributed by atoms with E-state index in [4.69, 9.17) is 19.0 Å². The number of furan rings is 1. The zero-order chi connectivity index (χ0) is 21.1. The molecule has 0 spiro atoms. The first-order chi connectivity index (χ1) is 13.8. The molecule has 8 nitrogen and oxygen atoms in total. The van der Waals surface area contributed by atoms with Gasteiger partial charge in [-0.05, 0) is 61.5 Å². The van der Waals surface area contributed by atoms with Crippen molar-refractivity contribution in [2.75, 3.05) is 7.11 Å². The Hall–Kier alpha value is -3.20. The monoisotopic (exact) mass is 417 g/mol. The number of carboxylic acid groups (broad SMARTS) is 1. The van der Waals surface area contributed by atoms with Crippen molar-refractivity contribution in [2.24, 2.45) is 0 Å². The standard InChI is InChI=1S/C20H19NO7S/c1-11(2)21-18(22)17(29-20(21)25)9-12-4-6-14(16(8-12)26-3)27-10-13-5-7-15(28-13)19(23)24/h4-9,11H,10H2,1-3H3,(H,23,24)/b17-9-. The second-order valence-corrected chi connectivity index (χ2v) is 7.41. The molecule has 2 heterocycles. The smallest absolute Gasteiger partial charge is 0.371 e. The van der Waals surface area contributed by atoms with Crippen LogP contribution in [-0.2, 0) is 11.4 Å². The summed E-state index contributed by atoms with van der Waals surface area (Å²) in [6, 6.07) is 7.75. The maximum atomic E-state index is 12.4. The van der Waals surface area contributed by atoms with Crippen molar-refractivity contribution in [2.45, 2.75) is 26.5 Å². The quantitative estimate of drug-likeness (QED) is 0.674. The molecule has 0 saturated carbocycles. The van der Waals surface area contributed by atoms with Gasteiger partial charge < -0.3 is 19.0 Å². The number of thioether (sulfide) groups is 1. The fourth-order valence-corrected chi connectivity index (χ4v) is 3.65. The minimum absolute atomic E-state index is 0.0241. The molecule has 0 radical (unpaired) electrons. The van der Waals surface area contributed by atoms with Gasteiger partial charge in [0.2, 0.25) is 5.76 Å². The average Bonchev–Trinajstić information content (AvgIpc) is 3.25. The Morgan fingerprint density at radius 3 is 2.59 bits per heavy atom. The molecule has 1 aromatic heterocycles. The van der Waals surface area contributed by atoms with Gasteiger partial charge in [0, 0.05) is 6.04 Å². The van der Waals surface area contributed by atoms with Gasteiger partial charge in [0.1, 0.15) is 12.4 Å². The highest BCUT2D eigenvalue weighted by molar-refractivity contribution is 8.18. The molecule has 0 aliphatic carbocycles. The van der Waals surface area contributed by atoms with Gasteiger partial charge in [0.15, 0.2) is 11.5 Å². The molecule has 2 amide bonds. The van der Waals surface area contributed by atoms with Crippen molar-refractivity contribution < 1.29 is 33.4 Å². The van der Waals surface area contributed by atoms with Crippen molar-refractivity contribution in [3.63, 3.8) is 0 Å². The minimum Gasteiger partial charge on any atom is -0.493 e. The van der Waals surface area contributed by atoms with E-state index < -0.39 is 5.97 Å². The summed E-state index contributed by atoms with van der Waals surface area (Å²) in [5.74, 6) is -0.432. The van der Waals surface area contributed by atoms with Crippen molar-refractivity contribution in [1.82, 2.24) is 4.90 Å². The van der Waals surface area contributed by atoms with Crippen LogP contribution in [-0.4, -0.2) is 40.3 Å². The molecule has 2 aromatic rings. The third kappa shape index (κ3) is 4.45. The van der Waals surface area contributed by atoms with Crippen LogP contribution in [0, 0.1) is 0 Å². The fourth-order valence-electron chi connectivity index (χ4n) is 2.69. The lowest BCUT2D eigenvalue weighted by atomic mass is 10.1. The van der Waals surface area contributed by atoms with E-state index in [0.717, 1.165) is 11.8 Å². The lowest BCUT2D eigenvalue weighted by Gasteiger charge is -2.16.